The highest BCUT2D eigenvalue weighted by molar-refractivity contribution is 6.07. The van der Waals surface area contributed by atoms with Crippen molar-refractivity contribution in [3.05, 3.63) is 79.0 Å². The van der Waals surface area contributed by atoms with Gasteiger partial charge in [0.1, 0.15) is 0 Å². The minimum absolute atomic E-state index is 0.0816. The normalized spacial score (nSPS) is 14.4. The average molecular weight is 494 g/mol. The zero-order valence-corrected chi connectivity index (χ0v) is 20.9. The van der Waals surface area contributed by atoms with Gasteiger partial charge < -0.3 is 25.5 Å². The molecule has 0 unspecified atom stereocenters. The number of benzene rings is 3. The fourth-order valence-electron chi connectivity index (χ4n) is 4.97. The number of nitrogens with one attached hydrogen (secondary N) is 2. The molecule has 188 valence electrons. The summed E-state index contributed by atoms with van der Waals surface area (Å²) in [5.41, 5.74) is 6.05. The summed E-state index contributed by atoms with van der Waals surface area (Å²) < 4.78 is 2.16. The molecule has 1 aliphatic rings. The topological polar surface area (TPSA) is 81.5 Å². The Labute approximate surface area is 216 Å². The van der Waals surface area contributed by atoms with Crippen molar-refractivity contribution in [3.8, 4) is 5.69 Å². The maximum atomic E-state index is 9.21. The van der Waals surface area contributed by atoms with Crippen LogP contribution in [0.5, 0.6) is 0 Å². The molecular weight excluding hydrogens is 462 g/mol. The van der Waals surface area contributed by atoms with Crippen LogP contribution < -0.4 is 15.5 Å². The van der Waals surface area contributed by atoms with Crippen LogP contribution >= 0.6 is 0 Å². The summed E-state index contributed by atoms with van der Waals surface area (Å²) >= 11 is 0. The first-order chi connectivity index (χ1) is 18.2. The molecule has 1 aliphatic heterocycles. The third-order valence-corrected chi connectivity index (χ3v) is 6.95. The van der Waals surface area contributed by atoms with Crippen molar-refractivity contribution in [3.63, 3.8) is 0 Å². The van der Waals surface area contributed by atoms with E-state index >= 15 is 0 Å². The molecule has 0 saturated carbocycles. The molecule has 3 heterocycles. The SMILES string of the molecule is CN1CCN(c2ccc(Nc3ncc4c5ccccc5n(-c5cccc(NCCO)c5)c4n3)cc2)CC1. The third kappa shape index (κ3) is 4.69. The van der Waals surface area contributed by atoms with Gasteiger partial charge in [-0.15, -0.1) is 0 Å². The van der Waals surface area contributed by atoms with E-state index in [9.17, 15) is 5.11 Å². The Balaban J connectivity index is 1.34. The second-order valence-corrected chi connectivity index (χ2v) is 9.45. The second kappa shape index (κ2) is 10.1. The number of piperazine rings is 1. The number of fused-ring (bicyclic) bond motifs is 3. The molecule has 5 aromatic rings. The molecule has 0 atom stereocenters. The highest BCUT2D eigenvalue weighted by atomic mass is 16.3. The molecule has 2 aromatic heterocycles. The van der Waals surface area contributed by atoms with E-state index in [2.05, 4.69) is 85.6 Å². The zero-order chi connectivity index (χ0) is 25.2. The summed E-state index contributed by atoms with van der Waals surface area (Å²) in [6, 6.07) is 25.0. The number of anilines is 4. The number of aromatic nitrogens is 3. The first-order valence-electron chi connectivity index (χ1n) is 12.7. The van der Waals surface area contributed by atoms with Gasteiger partial charge in [-0.25, -0.2) is 4.98 Å². The van der Waals surface area contributed by atoms with Crippen LogP contribution in [0.3, 0.4) is 0 Å². The van der Waals surface area contributed by atoms with E-state index in [1.165, 1.54) is 5.69 Å². The van der Waals surface area contributed by atoms with Gasteiger partial charge in [0.2, 0.25) is 5.95 Å². The van der Waals surface area contributed by atoms with E-state index in [0.717, 1.165) is 65.2 Å². The highest BCUT2D eigenvalue weighted by Crippen LogP contribution is 2.32. The van der Waals surface area contributed by atoms with Crippen LogP contribution in [-0.2, 0) is 0 Å². The van der Waals surface area contributed by atoms with Crippen molar-refractivity contribution in [1.29, 1.82) is 0 Å². The highest BCUT2D eigenvalue weighted by Gasteiger charge is 2.16. The number of para-hydroxylation sites is 1. The molecule has 6 rings (SSSR count). The summed E-state index contributed by atoms with van der Waals surface area (Å²) in [7, 11) is 2.17. The quantitative estimate of drug-likeness (QED) is 0.309. The van der Waals surface area contributed by atoms with Gasteiger partial charge in [0.05, 0.1) is 12.1 Å². The Morgan fingerprint density at radius 3 is 2.46 bits per heavy atom. The maximum Gasteiger partial charge on any atom is 0.229 e. The summed E-state index contributed by atoms with van der Waals surface area (Å²) in [4.78, 5) is 14.4. The van der Waals surface area contributed by atoms with Gasteiger partial charge in [-0.1, -0.05) is 24.3 Å². The lowest BCUT2D eigenvalue weighted by Gasteiger charge is -2.34. The van der Waals surface area contributed by atoms with E-state index in [4.69, 9.17) is 4.98 Å². The van der Waals surface area contributed by atoms with Crippen LogP contribution in [0, 0.1) is 0 Å². The first-order valence-corrected chi connectivity index (χ1v) is 12.7. The summed E-state index contributed by atoms with van der Waals surface area (Å²) in [5.74, 6) is 0.554. The van der Waals surface area contributed by atoms with E-state index in [-0.39, 0.29) is 6.61 Å². The molecule has 37 heavy (non-hydrogen) atoms. The van der Waals surface area contributed by atoms with Crippen molar-refractivity contribution in [2.75, 3.05) is 61.9 Å². The van der Waals surface area contributed by atoms with E-state index in [0.29, 0.717) is 12.5 Å². The second-order valence-electron chi connectivity index (χ2n) is 9.45. The third-order valence-electron chi connectivity index (χ3n) is 6.95. The van der Waals surface area contributed by atoms with Crippen LogP contribution in [0.25, 0.3) is 27.6 Å². The van der Waals surface area contributed by atoms with Crippen molar-refractivity contribution in [1.82, 2.24) is 19.4 Å². The lowest BCUT2D eigenvalue weighted by atomic mass is 10.2. The van der Waals surface area contributed by atoms with Gasteiger partial charge in [-0.05, 0) is 55.6 Å². The van der Waals surface area contributed by atoms with E-state index < -0.39 is 0 Å². The predicted molar refractivity (Wildman–Crippen MR) is 151 cm³/mol. The zero-order valence-electron chi connectivity index (χ0n) is 20.9. The molecule has 0 amide bonds. The molecule has 8 nitrogen and oxygen atoms in total. The fraction of sp³-hybridized carbons (Fsp3) is 0.241. The summed E-state index contributed by atoms with van der Waals surface area (Å²) in [5, 5.41) is 18.0. The van der Waals surface area contributed by atoms with Crippen molar-refractivity contribution < 1.29 is 5.11 Å². The smallest absolute Gasteiger partial charge is 0.229 e. The minimum atomic E-state index is 0.0816. The Morgan fingerprint density at radius 1 is 0.838 bits per heavy atom. The monoisotopic (exact) mass is 493 g/mol. The Kier molecular flexibility index (Phi) is 6.34. The number of likely N-dealkylation sites (N-methyl/N-ethyl adjacent to an activating group) is 1. The van der Waals surface area contributed by atoms with Crippen LogP contribution in [0.2, 0.25) is 0 Å². The number of rotatable bonds is 7. The number of aliphatic hydroxyl groups is 1. The molecule has 0 aliphatic carbocycles. The molecule has 0 bridgehead atoms. The Bertz CT molecular complexity index is 1520. The van der Waals surface area contributed by atoms with Gasteiger partial charge >= 0.3 is 0 Å². The summed E-state index contributed by atoms with van der Waals surface area (Å²) in [6.07, 6.45) is 1.90. The Morgan fingerprint density at radius 2 is 1.65 bits per heavy atom. The van der Waals surface area contributed by atoms with E-state index in [1.54, 1.807) is 0 Å². The van der Waals surface area contributed by atoms with Gasteiger partial charge in [-0.3, -0.25) is 4.57 Å². The van der Waals surface area contributed by atoms with Gasteiger partial charge in [0.25, 0.3) is 0 Å². The summed E-state index contributed by atoms with van der Waals surface area (Å²) in [6.45, 7) is 4.85. The van der Waals surface area contributed by atoms with Gasteiger partial charge in [0, 0.05) is 72.4 Å². The standard InChI is InChI=1S/C29H31N7O/c1-34-14-16-35(17-15-34)23-11-9-21(10-12-23)32-29-31-20-26-25-7-2-3-8-27(25)36(28(26)33-29)24-6-4-5-22(19-24)30-13-18-37/h2-12,19-20,30,37H,13-18H2,1H3,(H,31,32,33). The molecule has 0 spiro atoms. The lowest BCUT2D eigenvalue weighted by Crippen LogP contribution is -2.44. The molecule has 1 saturated heterocycles. The van der Waals surface area contributed by atoms with Crippen LogP contribution in [0.1, 0.15) is 0 Å². The number of nitrogens with zero attached hydrogens (tertiary/aromatic N) is 5. The van der Waals surface area contributed by atoms with Crippen LogP contribution in [0.4, 0.5) is 23.0 Å². The molecule has 3 N–H and O–H groups in total. The van der Waals surface area contributed by atoms with Crippen molar-refractivity contribution >= 4 is 44.9 Å². The van der Waals surface area contributed by atoms with Crippen LogP contribution in [-0.4, -0.2) is 70.9 Å². The van der Waals surface area contributed by atoms with Crippen molar-refractivity contribution in [2.45, 2.75) is 0 Å². The first kappa shape index (κ1) is 23.3. The Hall–Kier alpha value is -4.14. The lowest BCUT2D eigenvalue weighted by molar-refractivity contribution is 0.311. The number of hydrogen-bond acceptors (Lipinski definition) is 7. The minimum Gasteiger partial charge on any atom is -0.395 e. The molecular formula is C29H31N7O. The number of hydrogen-bond donors (Lipinski definition) is 3. The molecule has 0 radical (unpaired) electrons. The molecule has 3 aromatic carbocycles. The van der Waals surface area contributed by atoms with Crippen LogP contribution in [0.15, 0.2) is 79.0 Å². The largest absolute Gasteiger partial charge is 0.395 e. The van der Waals surface area contributed by atoms with Gasteiger partial charge in [0.15, 0.2) is 5.65 Å². The predicted octanol–water partition coefficient (Wildman–Crippen LogP) is 4.47. The molecule has 1 fully saturated rings. The maximum absolute atomic E-state index is 9.21. The van der Waals surface area contributed by atoms with E-state index in [1.807, 2.05) is 30.5 Å². The fourth-order valence-corrected chi connectivity index (χ4v) is 4.97. The van der Waals surface area contributed by atoms with Crippen molar-refractivity contribution in [2.24, 2.45) is 0 Å². The number of aliphatic hydroxyl groups excluding tert-OH is 1. The average Bonchev–Trinajstić information content (AvgIpc) is 3.26. The van der Waals surface area contributed by atoms with Gasteiger partial charge in [-0.2, -0.15) is 4.98 Å². The molecule has 8 heteroatoms.